The first-order chi connectivity index (χ1) is 14.4. The molecule has 31 heavy (non-hydrogen) atoms. The summed E-state index contributed by atoms with van der Waals surface area (Å²) in [5.41, 5.74) is 3.05. The Morgan fingerprint density at radius 3 is 2.13 bits per heavy atom. The second kappa shape index (κ2) is 6.14. The van der Waals surface area contributed by atoms with Crippen molar-refractivity contribution in [3.05, 3.63) is 0 Å². The van der Waals surface area contributed by atoms with Gasteiger partial charge in [-0.05, 0) is 120 Å². The lowest BCUT2D eigenvalue weighted by atomic mass is 9.31. The van der Waals surface area contributed by atoms with E-state index in [9.17, 15) is 0 Å². The van der Waals surface area contributed by atoms with Crippen LogP contribution in [0.15, 0.2) is 0 Å². The van der Waals surface area contributed by atoms with Gasteiger partial charge in [-0.1, -0.05) is 54.9 Å². The molecule has 0 unspecified atom stereocenters. The third-order valence-electron chi connectivity index (χ3n) is 13.9. The summed E-state index contributed by atoms with van der Waals surface area (Å²) in [6, 6.07) is 0. The molecule has 176 valence electrons. The Morgan fingerprint density at radius 2 is 1.35 bits per heavy atom. The van der Waals surface area contributed by atoms with Crippen molar-refractivity contribution >= 4 is 0 Å². The van der Waals surface area contributed by atoms with Crippen LogP contribution in [-0.4, -0.2) is 12.7 Å². The summed E-state index contributed by atoms with van der Waals surface area (Å²) in [4.78, 5) is 0. The molecule has 1 aliphatic heterocycles. The van der Waals surface area contributed by atoms with Crippen molar-refractivity contribution in [2.24, 2.45) is 56.2 Å². The second-order valence-electron chi connectivity index (χ2n) is 15.6. The number of ether oxygens (including phenoxy) is 1. The van der Waals surface area contributed by atoms with E-state index in [1.165, 1.54) is 70.6 Å². The van der Waals surface area contributed by atoms with E-state index in [-0.39, 0.29) is 0 Å². The Kier molecular flexibility index (Phi) is 4.26. The fourth-order valence-electron chi connectivity index (χ4n) is 12.1. The van der Waals surface area contributed by atoms with E-state index in [4.69, 9.17) is 4.74 Å². The molecule has 0 spiro atoms. The second-order valence-corrected chi connectivity index (χ2v) is 15.6. The summed E-state index contributed by atoms with van der Waals surface area (Å²) in [6.07, 6.45) is 16.6. The maximum atomic E-state index is 6.73. The first-order valence-electron chi connectivity index (χ1n) is 14.0. The molecule has 1 nitrogen and oxygen atoms in total. The monoisotopic (exact) mass is 426 g/mol. The summed E-state index contributed by atoms with van der Waals surface area (Å²) >= 11 is 0. The molecule has 6 fully saturated rings. The van der Waals surface area contributed by atoms with Gasteiger partial charge in [0.25, 0.3) is 0 Å². The maximum Gasteiger partial charge on any atom is 0.0663 e. The fraction of sp³-hybridized carbons (Fsp3) is 1.00. The van der Waals surface area contributed by atoms with Crippen LogP contribution in [0.5, 0.6) is 0 Å². The molecule has 6 rings (SSSR count). The fourth-order valence-corrected chi connectivity index (χ4v) is 12.1. The molecule has 9 atom stereocenters. The Balaban J connectivity index is 1.40. The zero-order valence-electron chi connectivity index (χ0n) is 21.8. The van der Waals surface area contributed by atoms with Crippen molar-refractivity contribution in [1.29, 1.82) is 0 Å². The molecule has 2 bridgehead atoms. The highest BCUT2D eigenvalue weighted by Crippen LogP contribution is 2.77. The minimum absolute atomic E-state index is 0.373. The van der Waals surface area contributed by atoms with E-state index in [0.29, 0.717) is 38.6 Å². The van der Waals surface area contributed by atoms with Gasteiger partial charge in [0.05, 0.1) is 12.7 Å². The topological polar surface area (TPSA) is 9.23 Å². The third-order valence-corrected chi connectivity index (χ3v) is 13.9. The van der Waals surface area contributed by atoms with E-state index >= 15 is 0 Å². The Morgan fingerprint density at radius 1 is 0.613 bits per heavy atom. The van der Waals surface area contributed by atoms with Crippen molar-refractivity contribution < 1.29 is 4.74 Å². The van der Waals surface area contributed by atoms with Gasteiger partial charge in [0.15, 0.2) is 0 Å². The molecule has 0 radical (unpaired) electrons. The average molecular weight is 427 g/mol. The summed E-state index contributed by atoms with van der Waals surface area (Å²) < 4.78 is 6.73. The van der Waals surface area contributed by atoms with Gasteiger partial charge in [0.1, 0.15) is 0 Å². The lowest BCUT2D eigenvalue weighted by Gasteiger charge is -2.73. The molecule has 1 saturated heterocycles. The number of rotatable bonds is 0. The molecule has 5 aliphatic carbocycles. The van der Waals surface area contributed by atoms with Crippen LogP contribution in [0.2, 0.25) is 0 Å². The Hall–Kier alpha value is -0.0400. The zero-order chi connectivity index (χ0) is 22.1. The molecule has 0 aromatic heterocycles. The van der Waals surface area contributed by atoms with E-state index < -0.39 is 0 Å². The van der Waals surface area contributed by atoms with Gasteiger partial charge in [-0.2, -0.15) is 0 Å². The number of fused-ring (bicyclic) bond motifs is 5. The third kappa shape index (κ3) is 2.44. The van der Waals surface area contributed by atoms with Crippen molar-refractivity contribution in [1.82, 2.24) is 0 Å². The molecule has 1 heterocycles. The summed E-state index contributed by atoms with van der Waals surface area (Å²) in [6.45, 7) is 19.7. The highest BCUT2D eigenvalue weighted by molar-refractivity contribution is 5.20. The SMILES string of the molecule is CC1(C)CC[C@@]23CC[C@]4(C)[C@@H](CC[C@@H]5[C@@]6(C)CCCC(C)(C)[C@@H]6CC[C@]54C)[C@H]2[C@H]1OC3. The molecule has 0 aromatic carbocycles. The van der Waals surface area contributed by atoms with Gasteiger partial charge in [-0.15, -0.1) is 0 Å². The Bertz CT molecular complexity index is 766. The molecule has 0 N–H and O–H groups in total. The van der Waals surface area contributed by atoms with Crippen LogP contribution in [0.25, 0.3) is 0 Å². The lowest BCUT2D eigenvalue weighted by molar-refractivity contribution is -0.242. The molecule has 1 heteroatoms. The normalized spacial score (nSPS) is 59.1. The van der Waals surface area contributed by atoms with Gasteiger partial charge >= 0.3 is 0 Å². The van der Waals surface area contributed by atoms with Gasteiger partial charge in [0, 0.05) is 0 Å². The standard InChI is InChI=1S/C30H50O/c1-25(2)12-8-13-27(5)21(25)11-14-29(7)22(27)10-9-20-23-24-26(3,4)15-17-30(23,19-31-24)18-16-28(20,29)6/h20-24H,8-19H2,1-7H3/t20-,21-,22+,23-,24+,27-,28+,29+,30-/m0/s1. The van der Waals surface area contributed by atoms with Crippen LogP contribution < -0.4 is 0 Å². The van der Waals surface area contributed by atoms with E-state index in [2.05, 4.69) is 48.5 Å². The summed E-state index contributed by atoms with van der Waals surface area (Å²) in [5, 5.41) is 0. The van der Waals surface area contributed by atoms with Crippen molar-refractivity contribution in [3.63, 3.8) is 0 Å². The first kappa shape index (κ1) is 21.5. The van der Waals surface area contributed by atoms with E-state index in [1.54, 1.807) is 0 Å². The quantitative estimate of drug-likeness (QED) is 0.379. The van der Waals surface area contributed by atoms with Crippen LogP contribution in [0, 0.1) is 56.2 Å². The maximum absolute atomic E-state index is 6.73. The predicted octanol–water partition coefficient (Wildman–Crippen LogP) is 8.27. The largest absolute Gasteiger partial charge is 0.377 e. The first-order valence-corrected chi connectivity index (χ1v) is 14.0. The van der Waals surface area contributed by atoms with Crippen molar-refractivity contribution in [2.45, 2.75) is 125 Å². The minimum Gasteiger partial charge on any atom is -0.377 e. The van der Waals surface area contributed by atoms with E-state index in [1.807, 2.05) is 0 Å². The molecule has 0 aromatic rings. The molecular weight excluding hydrogens is 376 g/mol. The van der Waals surface area contributed by atoms with Gasteiger partial charge in [-0.25, -0.2) is 0 Å². The predicted molar refractivity (Wildman–Crippen MR) is 129 cm³/mol. The van der Waals surface area contributed by atoms with Crippen molar-refractivity contribution in [2.75, 3.05) is 6.61 Å². The summed E-state index contributed by atoms with van der Waals surface area (Å²) in [5.74, 6) is 3.60. The number of hydrogen-bond donors (Lipinski definition) is 0. The average Bonchev–Trinajstić information content (AvgIpc) is 3.01. The molecule has 0 amide bonds. The van der Waals surface area contributed by atoms with Crippen LogP contribution in [0.1, 0.15) is 119 Å². The van der Waals surface area contributed by atoms with Crippen LogP contribution >= 0.6 is 0 Å². The molecular formula is C30H50O. The van der Waals surface area contributed by atoms with Crippen LogP contribution in [0.4, 0.5) is 0 Å². The highest BCUT2D eigenvalue weighted by Gasteiger charge is 2.72. The molecule has 5 saturated carbocycles. The van der Waals surface area contributed by atoms with Crippen LogP contribution in [-0.2, 0) is 4.74 Å². The summed E-state index contributed by atoms with van der Waals surface area (Å²) in [7, 11) is 0. The lowest BCUT2D eigenvalue weighted by Crippen LogP contribution is -2.66. The van der Waals surface area contributed by atoms with Gasteiger partial charge in [-0.3, -0.25) is 0 Å². The Labute approximate surface area is 192 Å². The zero-order valence-corrected chi connectivity index (χ0v) is 21.8. The highest BCUT2D eigenvalue weighted by atomic mass is 16.5. The van der Waals surface area contributed by atoms with Gasteiger partial charge < -0.3 is 4.74 Å². The van der Waals surface area contributed by atoms with Gasteiger partial charge in [0.2, 0.25) is 0 Å². The van der Waals surface area contributed by atoms with E-state index in [0.717, 1.165) is 30.3 Å². The smallest absolute Gasteiger partial charge is 0.0663 e. The molecule has 6 aliphatic rings. The number of hydrogen-bond acceptors (Lipinski definition) is 1. The van der Waals surface area contributed by atoms with Crippen LogP contribution in [0.3, 0.4) is 0 Å². The van der Waals surface area contributed by atoms with Crippen molar-refractivity contribution in [3.8, 4) is 0 Å². The minimum atomic E-state index is 0.373.